The highest BCUT2D eigenvalue weighted by atomic mass is 16.7. The van der Waals surface area contributed by atoms with Crippen LogP contribution in [0, 0.1) is 0 Å². The highest BCUT2D eigenvalue weighted by Gasteiger charge is 2.21. The van der Waals surface area contributed by atoms with Gasteiger partial charge in [0.15, 0.2) is 11.5 Å². The predicted octanol–water partition coefficient (Wildman–Crippen LogP) is 3.61. The molecule has 0 radical (unpaired) electrons. The van der Waals surface area contributed by atoms with Crippen molar-refractivity contribution in [2.24, 2.45) is 0 Å². The molecule has 5 nitrogen and oxygen atoms in total. The van der Waals surface area contributed by atoms with Crippen LogP contribution in [0.4, 0.5) is 0 Å². The lowest BCUT2D eigenvalue weighted by Crippen LogP contribution is -2.31. The fourth-order valence-corrected chi connectivity index (χ4v) is 3.63. The van der Waals surface area contributed by atoms with E-state index in [9.17, 15) is 0 Å². The molecule has 2 aliphatic heterocycles. The number of benzene rings is 2. The summed E-state index contributed by atoms with van der Waals surface area (Å²) in [5.74, 6) is 2.58. The van der Waals surface area contributed by atoms with E-state index >= 15 is 0 Å². The third-order valence-corrected chi connectivity index (χ3v) is 4.92. The maximum Gasteiger partial charge on any atom is 0.231 e. The average molecular weight is 355 g/mol. The molecule has 0 aliphatic carbocycles. The smallest absolute Gasteiger partial charge is 0.231 e. The number of rotatable bonds is 7. The van der Waals surface area contributed by atoms with Crippen LogP contribution in [0.2, 0.25) is 0 Å². The molecule has 0 aromatic heterocycles. The second-order valence-corrected chi connectivity index (χ2v) is 6.80. The van der Waals surface area contributed by atoms with Gasteiger partial charge in [-0.05, 0) is 36.6 Å². The third kappa shape index (κ3) is 3.94. The molecule has 2 heterocycles. The maximum atomic E-state index is 5.87. The van der Waals surface area contributed by atoms with Crippen molar-refractivity contribution < 1.29 is 18.9 Å². The van der Waals surface area contributed by atoms with Gasteiger partial charge in [0.05, 0.1) is 13.2 Å². The second-order valence-electron chi connectivity index (χ2n) is 6.80. The molecule has 2 aromatic carbocycles. The molecule has 26 heavy (non-hydrogen) atoms. The zero-order valence-electron chi connectivity index (χ0n) is 15.1. The fraction of sp³-hybridized carbons (Fsp3) is 0.429. The van der Waals surface area contributed by atoms with Crippen LogP contribution in [0.15, 0.2) is 42.5 Å². The lowest BCUT2D eigenvalue weighted by Gasteiger charge is -2.26. The predicted molar refractivity (Wildman–Crippen MR) is 98.6 cm³/mol. The third-order valence-electron chi connectivity index (χ3n) is 4.92. The molecule has 1 saturated heterocycles. The van der Waals surface area contributed by atoms with Gasteiger partial charge < -0.3 is 18.9 Å². The van der Waals surface area contributed by atoms with E-state index in [4.69, 9.17) is 18.9 Å². The Morgan fingerprint density at radius 1 is 1.08 bits per heavy atom. The van der Waals surface area contributed by atoms with E-state index in [-0.39, 0.29) is 0 Å². The van der Waals surface area contributed by atoms with Crippen molar-refractivity contribution in [1.29, 1.82) is 0 Å². The van der Waals surface area contributed by atoms with Crippen LogP contribution in [0.1, 0.15) is 24.0 Å². The first-order valence-electron chi connectivity index (χ1n) is 9.16. The van der Waals surface area contributed by atoms with Gasteiger partial charge >= 0.3 is 0 Å². The molecule has 1 atom stereocenters. The number of methoxy groups -OCH3 is 1. The average Bonchev–Trinajstić information content (AvgIpc) is 3.33. The lowest BCUT2D eigenvalue weighted by atomic mass is 10.1. The molecule has 2 aliphatic rings. The fourth-order valence-electron chi connectivity index (χ4n) is 3.63. The zero-order valence-corrected chi connectivity index (χ0v) is 15.1. The molecule has 5 heteroatoms. The van der Waals surface area contributed by atoms with Crippen LogP contribution in [-0.4, -0.2) is 38.1 Å². The Morgan fingerprint density at radius 3 is 2.81 bits per heavy atom. The molecule has 2 aromatic rings. The summed E-state index contributed by atoms with van der Waals surface area (Å²) >= 11 is 0. The van der Waals surface area contributed by atoms with Gasteiger partial charge in [0.1, 0.15) is 5.75 Å². The Morgan fingerprint density at radius 2 is 1.96 bits per heavy atom. The van der Waals surface area contributed by atoms with Gasteiger partial charge in [-0.1, -0.05) is 24.3 Å². The molecular formula is C21H25NO4. The van der Waals surface area contributed by atoms with Crippen LogP contribution < -0.4 is 14.2 Å². The minimum absolute atomic E-state index is 0.304. The molecular weight excluding hydrogens is 330 g/mol. The molecule has 1 fully saturated rings. The summed E-state index contributed by atoms with van der Waals surface area (Å²) < 4.78 is 22.3. The summed E-state index contributed by atoms with van der Waals surface area (Å²) in [6, 6.07) is 14.4. The summed E-state index contributed by atoms with van der Waals surface area (Å²) in [7, 11) is 1.72. The zero-order chi connectivity index (χ0) is 17.8. The van der Waals surface area contributed by atoms with Crippen molar-refractivity contribution >= 4 is 0 Å². The van der Waals surface area contributed by atoms with Crippen LogP contribution in [0.5, 0.6) is 17.2 Å². The number of nitrogens with zero attached hydrogens (tertiary/aromatic N) is 1. The molecule has 1 unspecified atom stereocenters. The van der Waals surface area contributed by atoms with E-state index in [1.54, 1.807) is 7.11 Å². The Kier molecular flexibility index (Phi) is 5.27. The van der Waals surface area contributed by atoms with Gasteiger partial charge in [-0.3, -0.25) is 4.90 Å². The summed E-state index contributed by atoms with van der Waals surface area (Å²) in [6.45, 7) is 3.73. The Labute approximate surface area is 154 Å². The van der Waals surface area contributed by atoms with E-state index in [2.05, 4.69) is 29.2 Å². The van der Waals surface area contributed by atoms with Crippen molar-refractivity contribution in [3.63, 3.8) is 0 Å². The van der Waals surface area contributed by atoms with Crippen molar-refractivity contribution in [2.75, 3.05) is 27.1 Å². The van der Waals surface area contributed by atoms with E-state index in [0.717, 1.165) is 56.3 Å². The van der Waals surface area contributed by atoms with E-state index < -0.39 is 0 Å². The van der Waals surface area contributed by atoms with Crippen molar-refractivity contribution in [3.05, 3.63) is 53.6 Å². The maximum absolute atomic E-state index is 5.87. The summed E-state index contributed by atoms with van der Waals surface area (Å²) in [4.78, 5) is 2.42. The first-order valence-corrected chi connectivity index (χ1v) is 9.16. The van der Waals surface area contributed by atoms with E-state index in [1.165, 1.54) is 11.1 Å². The van der Waals surface area contributed by atoms with Gasteiger partial charge in [-0.25, -0.2) is 0 Å². The monoisotopic (exact) mass is 355 g/mol. The number of para-hydroxylation sites is 1. The number of hydrogen-bond acceptors (Lipinski definition) is 5. The Balaban J connectivity index is 1.52. The first kappa shape index (κ1) is 17.2. The van der Waals surface area contributed by atoms with E-state index in [0.29, 0.717) is 12.9 Å². The molecule has 0 N–H and O–H groups in total. The van der Waals surface area contributed by atoms with Gasteiger partial charge in [-0.15, -0.1) is 0 Å². The van der Waals surface area contributed by atoms with Crippen LogP contribution in [0.3, 0.4) is 0 Å². The number of fused-ring (bicyclic) bond motifs is 1. The number of hydrogen-bond donors (Lipinski definition) is 0. The first-order chi connectivity index (χ1) is 12.8. The summed E-state index contributed by atoms with van der Waals surface area (Å²) in [6.07, 6.45) is 2.58. The SMILES string of the molecule is COc1ccccc1CN(Cc1ccc2c(c1)OCO2)CC1CCCO1. The van der Waals surface area contributed by atoms with Gasteiger partial charge in [0, 0.05) is 31.8 Å². The largest absolute Gasteiger partial charge is 0.496 e. The topological polar surface area (TPSA) is 40.2 Å². The van der Waals surface area contributed by atoms with Crippen molar-refractivity contribution in [2.45, 2.75) is 32.0 Å². The van der Waals surface area contributed by atoms with E-state index in [1.807, 2.05) is 18.2 Å². The molecule has 0 spiro atoms. The summed E-state index contributed by atoms with van der Waals surface area (Å²) in [5.41, 5.74) is 2.40. The van der Waals surface area contributed by atoms with Gasteiger partial charge in [-0.2, -0.15) is 0 Å². The normalized spacial score (nSPS) is 18.5. The molecule has 138 valence electrons. The highest BCUT2D eigenvalue weighted by Crippen LogP contribution is 2.33. The Bertz CT molecular complexity index is 743. The molecule has 0 bridgehead atoms. The van der Waals surface area contributed by atoms with Crippen molar-refractivity contribution in [1.82, 2.24) is 4.90 Å². The lowest BCUT2D eigenvalue weighted by molar-refractivity contribution is 0.0676. The minimum Gasteiger partial charge on any atom is -0.496 e. The summed E-state index contributed by atoms with van der Waals surface area (Å²) in [5, 5.41) is 0. The molecule has 0 amide bonds. The minimum atomic E-state index is 0.304. The second kappa shape index (κ2) is 7.98. The van der Waals surface area contributed by atoms with Crippen LogP contribution in [0.25, 0.3) is 0 Å². The highest BCUT2D eigenvalue weighted by molar-refractivity contribution is 5.44. The molecule has 4 rings (SSSR count). The van der Waals surface area contributed by atoms with Gasteiger partial charge in [0.25, 0.3) is 0 Å². The standard InChI is InChI=1S/C21H25NO4/c1-23-19-7-3-2-5-17(19)13-22(14-18-6-4-10-24-18)12-16-8-9-20-21(11-16)26-15-25-20/h2-3,5,7-9,11,18H,4,6,10,12-15H2,1H3. The van der Waals surface area contributed by atoms with Gasteiger partial charge in [0.2, 0.25) is 6.79 Å². The van der Waals surface area contributed by atoms with Crippen LogP contribution in [-0.2, 0) is 17.8 Å². The van der Waals surface area contributed by atoms with Crippen LogP contribution >= 0.6 is 0 Å². The van der Waals surface area contributed by atoms with Crippen molar-refractivity contribution in [3.8, 4) is 17.2 Å². The quantitative estimate of drug-likeness (QED) is 0.759. The Hall–Kier alpha value is -2.24. The molecule has 0 saturated carbocycles. The number of ether oxygens (including phenoxy) is 4.